The molecular formula is C18H15FN4O3S. The zero-order valence-electron chi connectivity index (χ0n) is 14.3. The van der Waals surface area contributed by atoms with Crippen LogP contribution in [0.4, 0.5) is 4.39 Å². The van der Waals surface area contributed by atoms with E-state index in [2.05, 4.69) is 20.5 Å². The molecular weight excluding hydrogens is 371 g/mol. The predicted molar refractivity (Wildman–Crippen MR) is 96.5 cm³/mol. The van der Waals surface area contributed by atoms with Gasteiger partial charge in [0.25, 0.3) is 5.91 Å². The highest BCUT2D eigenvalue weighted by Crippen LogP contribution is 2.39. The number of nitrogens with zero attached hydrogens (tertiary/aromatic N) is 3. The van der Waals surface area contributed by atoms with Gasteiger partial charge in [0, 0.05) is 23.6 Å². The molecule has 0 saturated carbocycles. The lowest BCUT2D eigenvalue weighted by atomic mass is 10.0. The minimum atomic E-state index is -0.376. The summed E-state index contributed by atoms with van der Waals surface area (Å²) in [6.07, 6.45) is 1.72. The second-order valence-corrected chi connectivity index (χ2v) is 6.81. The molecule has 1 atom stereocenters. The maximum Gasteiger partial charge on any atom is 0.263 e. The van der Waals surface area contributed by atoms with E-state index in [9.17, 15) is 9.18 Å². The van der Waals surface area contributed by atoms with Gasteiger partial charge < -0.3 is 14.8 Å². The molecule has 1 amide bonds. The molecule has 2 aromatic heterocycles. The molecule has 1 unspecified atom stereocenters. The van der Waals surface area contributed by atoms with Crippen LogP contribution in [0.3, 0.4) is 0 Å². The van der Waals surface area contributed by atoms with Gasteiger partial charge >= 0.3 is 0 Å². The van der Waals surface area contributed by atoms with E-state index >= 15 is 0 Å². The Labute approximate surface area is 158 Å². The molecule has 0 fully saturated rings. The van der Waals surface area contributed by atoms with E-state index in [0.29, 0.717) is 40.7 Å². The molecule has 9 heteroatoms. The number of aromatic nitrogens is 3. The molecule has 1 aliphatic heterocycles. The number of hydrogen-bond donors (Lipinski definition) is 1. The number of ether oxygens (including phenoxy) is 2. The monoisotopic (exact) mass is 386 g/mol. The third kappa shape index (κ3) is 3.59. The van der Waals surface area contributed by atoms with E-state index in [-0.39, 0.29) is 17.8 Å². The van der Waals surface area contributed by atoms with Crippen molar-refractivity contribution in [1.29, 1.82) is 0 Å². The Hall–Kier alpha value is -3.07. The summed E-state index contributed by atoms with van der Waals surface area (Å²) in [5, 5.41) is 10.8. The number of halogens is 1. The first-order valence-corrected chi connectivity index (χ1v) is 9.06. The van der Waals surface area contributed by atoms with Gasteiger partial charge in [-0.15, -0.1) is 21.5 Å². The third-order valence-electron chi connectivity index (χ3n) is 4.13. The number of methoxy groups -OCH3 is 1. The van der Waals surface area contributed by atoms with E-state index in [4.69, 9.17) is 9.47 Å². The van der Waals surface area contributed by atoms with Crippen molar-refractivity contribution in [2.75, 3.05) is 13.7 Å². The van der Waals surface area contributed by atoms with Gasteiger partial charge in [-0.05, 0) is 18.2 Å². The van der Waals surface area contributed by atoms with Crippen molar-refractivity contribution in [3.05, 3.63) is 52.2 Å². The Morgan fingerprint density at radius 3 is 3.00 bits per heavy atom. The Morgan fingerprint density at radius 2 is 2.30 bits per heavy atom. The summed E-state index contributed by atoms with van der Waals surface area (Å²) in [5.74, 6) is 0.355. The molecule has 1 aliphatic rings. The van der Waals surface area contributed by atoms with Crippen molar-refractivity contribution in [3.8, 4) is 22.9 Å². The van der Waals surface area contributed by atoms with Crippen LogP contribution < -0.4 is 14.8 Å². The highest BCUT2D eigenvalue weighted by Gasteiger charge is 2.28. The molecule has 7 nitrogen and oxygen atoms in total. The first kappa shape index (κ1) is 17.3. The first-order chi connectivity index (χ1) is 13.1. The smallest absolute Gasteiger partial charge is 0.263 e. The van der Waals surface area contributed by atoms with E-state index in [1.165, 1.54) is 36.8 Å². The molecule has 4 rings (SSSR count). The van der Waals surface area contributed by atoms with Crippen LogP contribution in [0.15, 0.2) is 36.0 Å². The molecule has 0 bridgehead atoms. The highest BCUT2D eigenvalue weighted by atomic mass is 32.1. The van der Waals surface area contributed by atoms with Gasteiger partial charge in [0.15, 0.2) is 0 Å². The van der Waals surface area contributed by atoms with Gasteiger partial charge in [-0.2, -0.15) is 0 Å². The molecule has 138 valence electrons. The fraction of sp³-hybridized carbons (Fsp3) is 0.222. The average Bonchev–Trinajstić information content (AvgIpc) is 3.35. The Morgan fingerprint density at radius 1 is 1.41 bits per heavy atom. The van der Waals surface area contributed by atoms with Crippen LogP contribution in [0.1, 0.15) is 15.2 Å². The van der Waals surface area contributed by atoms with Gasteiger partial charge in [0.2, 0.25) is 5.88 Å². The molecule has 1 aromatic carbocycles. The van der Waals surface area contributed by atoms with Crippen LogP contribution in [0.25, 0.3) is 11.3 Å². The fourth-order valence-corrected chi connectivity index (χ4v) is 3.43. The lowest BCUT2D eigenvalue weighted by molar-refractivity contribution is 0.0937. The number of rotatable bonds is 5. The first-order valence-electron chi connectivity index (χ1n) is 8.18. The molecule has 0 spiro atoms. The number of amides is 1. The number of nitrogens with one attached hydrogen (secondary N) is 1. The largest absolute Gasteiger partial charge is 0.487 e. The van der Waals surface area contributed by atoms with Gasteiger partial charge in [-0.1, -0.05) is 0 Å². The van der Waals surface area contributed by atoms with Gasteiger partial charge in [0.05, 0.1) is 31.1 Å². The minimum Gasteiger partial charge on any atom is -0.487 e. The Bertz CT molecular complexity index is 963. The van der Waals surface area contributed by atoms with Gasteiger partial charge in [-0.25, -0.2) is 4.39 Å². The SMILES string of the molecule is COc1ccc(-c2cc(F)cc3c2OC(CNC(=O)c2cncs2)C3)nn1. The second-order valence-electron chi connectivity index (χ2n) is 5.92. The number of benzene rings is 1. The van der Waals surface area contributed by atoms with Crippen LogP contribution in [0, 0.1) is 5.82 Å². The van der Waals surface area contributed by atoms with Crippen molar-refractivity contribution in [2.24, 2.45) is 0 Å². The van der Waals surface area contributed by atoms with Crippen LogP contribution in [-0.4, -0.2) is 40.8 Å². The summed E-state index contributed by atoms with van der Waals surface area (Å²) in [4.78, 5) is 16.5. The molecule has 3 aromatic rings. The predicted octanol–water partition coefficient (Wildman–Crippen LogP) is 2.48. The Kier molecular flexibility index (Phi) is 4.68. The number of carbonyl (C=O) groups excluding carboxylic acids is 1. The molecule has 0 radical (unpaired) electrons. The Balaban J connectivity index is 1.52. The summed E-state index contributed by atoms with van der Waals surface area (Å²) >= 11 is 1.27. The van der Waals surface area contributed by atoms with E-state index in [0.717, 1.165) is 5.56 Å². The number of fused-ring (bicyclic) bond motifs is 1. The highest BCUT2D eigenvalue weighted by molar-refractivity contribution is 7.11. The van der Waals surface area contributed by atoms with Crippen molar-refractivity contribution < 1.29 is 18.7 Å². The molecule has 0 aliphatic carbocycles. The fourth-order valence-electron chi connectivity index (χ4n) is 2.89. The molecule has 1 N–H and O–H groups in total. The minimum absolute atomic E-state index is 0.204. The van der Waals surface area contributed by atoms with Crippen molar-refractivity contribution in [3.63, 3.8) is 0 Å². The summed E-state index contributed by atoms with van der Waals surface area (Å²) in [6, 6.07) is 6.17. The maximum absolute atomic E-state index is 14.1. The zero-order chi connectivity index (χ0) is 18.8. The van der Waals surface area contributed by atoms with E-state index in [1.54, 1.807) is 17.6 Å². The lowest BCUT2D eigenvalue weighted by Gasteiger charge is -2.13. The van der Waals surface area contributed by atoms with Crippen molar-refractivity contribution in [1.82, 2.24) is 20.5 Å². The lowest BCUT2D eigenvalue weighted by Crippen LogP contribution is -2.34. The topological polar surface area (TPSA) is 86.2 Å². The normalized spacial score (nSPS) is 15.1. The summed E-state index contributed by atoms with van der Waals surface area (Å²) in [6.45, 7) is 0.306. The van der Waals surface area contributed by atoms with Crippen LogP contribution in [-0.2, 0) is 6.42 Å². The summed E-state index contributed by atoms with van der Waals surface area (Å²) in [7, 11) is 1.50. The zero-order valence-corrected chi connectivity index (χ0v) is 15.1. The second kappa shape index (κ2) is 7.28. The third-order valence-corrected chi connectivity index (χ3v) is 4.91. The van der Waals surface area contributed by atoms with Crippen LogP contribution in [0.5, 0.6) is 11.6 Å². The number of carbonyl (C=O) groups is 1. The van der Waals surface area contributed by atoms with Crippen molar-refractivity contribution in [2.45, 2.75) is 12.5 Å². The van der Waals surface area contributed by atoms with Crippen LogP contribution in [0.2, 0.25) is 0 Å². The summed E-state index contributed by atoms with van der Waals surface area (Å²) < 4.78 is 25.1. The summed E-state index contributed by atoms with van der Waals surface area (Å²) in [5.41, 5.74) is 3.35. The average molecular weight is 386 g/mol. The van der Waals surface area contributed by atoms with Crippen LogP contribution >= 0.6 is 11.3 Å². The number of hydrogen-bond acceptors (Lipinski definition) is 7. The van der Waals surface area contributed by atoms with Crippen molar-refractivity contribution >= 4 is 17.2 Å². The van der Waals surface area contributed by atoms with Gasteiger partial charge in [-0.3, -0.25) is 9.78 Å². The van der Waals surface area contributed by atoms with E-state index in [1.807, 2.05) is 0 Å². The molecule has 3 heterocycles. The molecule has 27 heavy (non-hydrogen) atoms. The quantitative estimate of drug-likeness (QED) is 0.725. The van der Waals surface area contributed by atoms with E-state index < -0.39 is 0 Å². The number of thiazole rings is 1. The standard InChI is InChI=1S/C18H15FN4O3S/c1-25-16-3-2-14(22-23-16)13-6-11(19)4-10-5-12(26-17(10)13)7-21-18(24)15-8-20-9-27-15/h2-4,6,8-9,12H,5,7H2,1H3,(H,21,24). The molecule has 0 saturated heterocycles. The maximum atomic E-state index is 14.1. The van der Waals surface area contributed by atoms with Gasteiger partial charge in [0.1, 0.15) is 22.5 Å².